The molecular weight excluding hydrogens is 228 g/mol. The van der Waals surface area contributed by atoms with E-state index in [9.17, 15) is 13.7 Å². The van der Waals surface area contributed by atoms with Crippen molar-refractivity contribution < 1.29 is 13.5 Å². The predicted molar refractivity (Wildman–Crippen MR) is 52.1 cm³/mol. The Hall–Kier alpha value is -1.23. The number of benzene rings is 1. The molecule has 6 heteroatoms. The van der Waals surface area contributed by atoms with Gasteiger partial charge in [-0.1, -0.05) is 17.3 Å². The Kier molecular flexibility index (Phi) is 3.57. The van der Waals surface area contributed by atoms with Gasteiger partial charge in [0.25, 0.3) is 0 Å². The molecule has 0 aliphatic rings. The molecule has 0 aliphatic heterocycles. The molecule has 0 aromatic heterocycles. The zero-order valence-corrected chi connectivity index (χ0v) is 8.54. The standard InChI is InChI=1S/C9H8ClF2NO2/c1-6(13-14)7-3-2-4-8(5-7)15-9(10,11)12/h2-6H,1H3. The lowest BCUT2D eigenvalue weighted by molar-refractivity contribution is -0.0965. The molecule has 1 aromatic carbocycles. The second-order valence-corrected chi connectivity index (χ2v) is 3.34. The minimum Gasteiger partial charge on any atom is -0.420 e. The van der Waals surface area contributed by atoms with Crippen LogP contribution in [0.5, 0.6) is 5.75 Å². The van der Waals surface area contributed by atoms with Crippen molar-refractivity contribution in [2.75, 3.05) is 0 Å². The smallest absolute Gasteiger partial charge is 0.420 e. The fourth-order valence-electron chi connectivity index (χ4n) is 1.03. The Morgan fingerprint density at radius 2 is 2.20 bits per heavy atom. The molecule has 1 aromatic rings. The minimum atomic E-state index is -3.75. The summed E-state index contributed by atoms with van der Waals surface area (Å²) in [6.45, 7) is 1.55. The van der Waals surface area contributed by atoms with Crippen LogP contribution in [0, 0.1) is 4.91 Å². The van der Waals surface area contributed by atoms with Gasteiger partial charge >= 0.3 is 5.57 Å². The van der Waals surface area contributed by atoms with Crippen LogP contribution < -0.4 is 4.74 Å². The van der Waals surface area contributed by atoms with Crippen molar-refractivity contribution in [3.63, 3.8) is 0 Å². The van der Waals surface area contributed by atoms with E-state index in [2.05, 4.69) is 21.5 Å². The van der Waals surface area contributed by atoms with Gasteiger partial charge in [0, 0.05) is 11.6 Å². The molecule has 15 heavy (non-hydrogen) atoms. The van der Waals surface area contributed by atoms with Crippen LogP contribution in [0.1, 0.15) is 18.5 Å². The van der Waals surface area contributed by atoms with Crippen LogP contribution in [-0.2, 0) is 0 Å². The van der Waals surface area contributed by atoms with Crippen LogP contribution >= 0.6 is 11.6 Å². The third-order valence-corrected chi connectivity index (χ3v) is 1.81. The summed E-state index contributed by atoms with van der Waals surface area (Å²) in [4.78, 5) is 10.2. The van der Waals surface area contributed by atoms with E-state index >= 15 is 0 Å². The molecule has 0 fully saturated rings. The summed E-state index contributed by atoms with van der Waals surface area (Å²) < 4.78 is 28.7. The minimum absolute atomic E-state index is 0.108. The topological polar surface area (TPSA) is 38.7 Å². The molecule has 3 nitrogen and oxygen atoms in total. The summed E-state index contributed by atoms with van der Waals surface area (Å²) in [7, 11) is 0. The van der Waals surface area contributed by atoms with Crippen LogP contribution in [-0.4, -0.2) is 5.57 Å². The average molecular weight is 236 g/mol. The summed E-state index contributed by atoms with van der Waals surface area (Å²) in [6.07, 6.45) is 0. The zero-order valence-electron chi connectivity index (χ0n) is 7.78. The van der Waals surface area contributed by atoms with E-state index in [4.69, 9.17) is 0 Å². The quantitative estimate of drug-likeness (QED) is 0.590. The summed E-state index contributed by atoms with van der Waals surface area (Å²) in [5, 5.41) is 2.77. The first-order valence-corrected chi connectivity index (χ1v) is 4.48. The van der Waals surface area contributed by atoms with E-state index < -0.39 is 11.6 Å². The van der Waals surface area contributed by atoms with Crippen molar-refractivity contribution in [1.29, 1.82) is 0 Å². The summed E-state index contributed by atoms with van der Waals surface area (Å²) in [6, 6.07) is 5.07. The molecule has 0 saturated heterocycles. The van der Waals surface area contributed by atoms with E-state index in [1.165, 1.54) is 18.2 Å². The molecule has 82 valence electrons. The first-order valence-electron chi connectivity index (χ1n) is 4.10. The molecule has 0 amide bonds. The third kappa shape index (κ3) is 3.79. The molecule has 0 heterocycles. The van der Waals surface area contributed by atoms with Crippen LogP contribution in [0.4, 0.5) is 8.78 Å². The monoisotopic (exact) mass is 235 g/mol. The van der Waals surface area contributed by atoms with Gasteiger partial charge in [-0.15, -0.1) is 8.78 Å². The fraction of sp³-hybridized carbons (Fsp3) is 0.333. The molecule has 0 bridgehead atoms. The summed E-state index contributed by atoms with van der Waals surface area (Å²) in [5.74, 6) is -0.108. The molecule has 1 unspecified atom stereocenters. The Balaban J connectivity index is 2.88. The maximum Gasteiger partial charge on any atom is 0.487 e. The normalized spacial score (nSPS) is 13.3. The third-order valence-electron chi connectivity index (χ3n) is 1.73. The van der Waals surface area contributed by atoms with Crippen LogP contribution in [0.25, 0.3) is 0 Å². The number of hydrogen-bond acceptors (Lipinski definition) is 3. The molecule has 0 N–H and O–H groups in total. The molecule has 1 rings (SSSR count). The second kappa shape index (κ2) is 4.53. The van der Waals surface area contributed by atoms with Gasteiger partial charge < -0.3 is 4.74 Å². The lowest BCUT2D eigenvalue weighted by Gasteiger charge is -2.11. The van der Waals surface area contributed by atoms with E-state index in [0.29, 0.717) is 5.56 Å². The lowest BCUT2D eigenvalue weighted by atomic mass is 10.1. The van der Waals surface area contributed by atoms with Crippen molar-refractivity contribution in [3.8, 4) is 5.75 Å². The maximum atomic E-state index is 12.3. The largest absolute Gasteiger partial charge is 0.487 e. The van der Waals surface area contributed by atoms with Crippen LogP contribution in [0.15, 0.2) is 29.4 Å². The fourth-order valence-corrected chi connectivity index (χ4v) is 1.12. The Morgan fingerprint density at radius 1 is 1.53 bits per heavy atom. The SMILES string of the molecule is CC(N=O)c1cccc(OC(F)(F)Cl)c1. The van der Waals surface area contributed by atoms with E-state index in [0.717, 1.165) is 0 Å². The highest BCUT2D eigenvalue weighted by atomic mass is 35.5. The van der Waals surface area contributed by atoms with Crippen molar-refractivity contribution in [3.05, 3.63) is 34.7 Å². The number of alkyl halides is 3. The zero-order chi connectivity index (χ0) is 11.5. The lowest BCUT2D eigenvalue weighted by Crippen LogP contribution is -2.15. The van der Waals surface area contributed by atoms with Gasteiger partial charge in [0.1, 0.15) is 11.8 Å². The van der Waals surface area contributed by atoms with Crippen molar-refractivity contribution in [2.45, 2.75) is 18.5 Å². The van der Waals surface area contributed by atoms with Gasteiger partial charge in [-0.05, 0) is 24.6 Å². The van der Waals surface area contributed by atoms with Crippen LogP contribution in [0.3, 0.4) is 0 Å². The number of rotatable bonds is 4. The van der Waals surface area contributed by atoms with Gasteiger partial charge in [-0.2, -0.15) is 4.91 Å². The van der Waals surface area contributed by atoms with Gasteiger partial charge in [-0.25, -0.2) is 0 Å². The molecule has 1 atom stereocenters. The average Bonchev–Trinajstić information content (AvgIpc) is 2.14. The number of nitrogens with zero attached hydrogens (tertiary/aromatic N) is 1. The Morgan fingerprint density at radius 3 is 2.73 bits per heavy atom. The first-order chi connectivity index (χ1) is 6.92. The maximum absolute atomic E-state index is 12.3. The number of hydrogen-bond donors (Lipinski definition) is 0. The number of nitroso groups, excluding NO2 is 1. The molecule has 0 saturated carbocycles. The van der Waals surface area contributed by atoms with Crippen molar-refractivity contribution in [2.24, 2.45) is 5.18 Å². The second-order valence-electron chi connectivity index (χ2n) is 2.90. The summed E-state index contributed by atoms with van der Waals surface area (Å²) in [5.41, 5.74) is -3.26. The van der Waals surface area contributed by atoms with E-state index in [1.54, 1.807) is 13.0 Å². The molecule has 0 aliphatic carbocycles. The highest BCUT2D eigenvalue weighted by molar-refractivity contribution is 6.20. The van der Waals surface area contributed by atoms with Gasteiger partial charge in [0.05, 0.1) is 0 Å². The van der Waals surface area contributed by atoms with Gasteiger partial charge in [-0.3, -0.25) is 0 Å². The van der Waals surface area contributed by atoms with E-state index in [1.807, 2.05) is 0 Å². The van der Waals surface area contributed by atoms with Crippen molar-refractivity contribution >= 4 is 11.6 Å². The predicted octanol–water partition coefficient (Wildman–Crippen LogP) is 3.68. The van der Waals surface area contributed by atoms with E-state index in [-0.39, 0.29) is 5.75 Å². The highest BCUT2D eigenvalue weighted by Gasteiger charge is 2.27. The number of ether oxygens (including phenoxy) is 1. The van der Waals surface area contributed by atoms with Crippen LogP contribution in [0.2, 0.25) is 0 Å². The Labute approximate surface area is 90.0 Å². The highest BCUT2D eigenvalue weighted by Crippen LogP contribution is 2.27. The number of halogens is 3. The first kappa shape index (κ1) is 11.8. The molecule has 0 spiro atoms. The summed E-state index contributed by atoms with van der Waals surface area (Å²) >= 11 is 4.59. The van der Waals surface area contributed by atoms with Gasteiger partial charge in [0.15, 0.2) is 0 Å². The van der Waals surface area contributed by atoms with Crippen molar-refractivity contribution in [1.82, 2.24) is 0 Å². The van der Waals surface area contributed by atoms with Gasteiger partial charge in [0.2, 0.25) is 0 Å². The molecular formula is C9H8ClF2NO2. The Bertz CT molecular complexity index is 354. The molecule has 0 radical (unpaired) electrons.